The van der Waals surface area contributed by atoms with Gasteiger partial charge in [-0.15, -0.1) is 0 Å². The van der Waals surface area contributed by atoms with Crippen LogP contribution in [0.5, 0.6) is 5.75 Å². The molecule has 0 saturated heterocycles. The smallest absolute Gasteiger partial charge is 0.128 e. The van der Waals surface area contributed by atoms with Gasteiger partial charge in [-0.3, -0.25) is 4.99 Å². The van der Waals surface area contributed by atoms with Gasteiger partial charge in [0.1, 0.15) is 5.75 Å². The van der Waals surface area contributed by atoms with Crippen LogP contribution < -0.4 is 4.74 Å². The minimum atomic E-state index is 0.665. The van der Waals surface area contributed by atoms with Crippen LogP contribution in [0.2, 0.25) is 0 Å². The summed E-state index contributed by atoms with van der Waals surface area (Å²) in [7, 11) is 0. The van der Waals surface area contributed by atoms with E-state index in [1.54, 1.807) is 0 Å². The van der Waals surface area contributed by atoms with Gasteiger partial charge in [-0.05, 0) is 43.5 Å². The highest BCUT2D eigenvalue weighted by atomic mass is 16.5. The summed E-state index contributed by atoms with van der Waals surface area (Å²) in [5.74, 6) is 0.884. The molecule has 0 heterocycles. The Morgan fingerprint density at radius 2 is 1.76 bits per heavy atom. The Morgan fingerprint density at radius 3 is 2.57 bits per heavy atom. The van der Waals surface area contributed by atoms with Gasteiger partial charge >= 0.3 is 0 Å². The maximum Gasteiger partial charge on any atom is 0.128 e. The first kappa shape index (κ1) is 15.3. The SMILES string of the molecule is CCCCc1ccccc1N=Cc1ccccc1OCC. The van der Waals surface area contributed by atoms with Crippen LogP contribution >= 0.6 is 0 Å². The zero-order chi connectivity index (χ0) is 14.9. The number of benzene rings is 2. The summed E-state index contributed by atoms with van der Waals surface area (Å²) in [4.78, 5) is 4.67. The molecule has 0 radical (unpaired) electrons. The third kappa shape index (κ3) is 4.45. The zero-order valence-corrected chi connectivity index (χ0v) is 12.9. The first-order valence-corrected chi connectivity index (χ1v) is 7.69. The second-order valence-corrected chi connectivity index (χ2v) is 4.96. The molecule has 2 nitrogen and oxygen atoms in total. The first-order chi connectivity index (χ1) is 10.3. The lowest BCUT2D eigenvalue weighted by Gasteiger charge is -2.07. The van der Waals surface area contributed by atoms with Crippen molar-refractivity contribution in [1.29, 1.82) is 0 Å². The highest BCUT2D eigenvalue weighted by molar-refractivity contribution is 5.85. The van der Waals surface area contributed by atoms with Gasteiger partial charge in [0.05, 0.1) is 12.3 Å². The van der Waals surface area contributed by atoms with E-state index in [1.807, 2.05) is 43.5 Å². The van der Waals surface area contributed by atoms with Crippen LogP contribution in [0.1, 0.15) is 37.8 Å². The summed E-state index contributed by atoms with van der Waals surface area (Å²) in [5.41, 5.74) is 3.38. The molecule has 0 fully saturated rings. The van der Waals surface area contributed by atoms with E-state index in [4.69, 9.17) is 4.74 Å². The molecule has 0 atom stereocenters. The Bertz CT molecular complexity index is 590. The van der Waals surface area contributed by atoms with E-state index in [1.165, 1.54) is 18.4 Å². The van der Waals surface area contributed by atoms with Crippen LogP contribution in [0.15, 0.2) is 53.5 Å². The lowest BCUT2D eigenvalue weighted by molar-refractivity contribution is 0.340. The molecule has 0 aliphatic carbocycles. The van der Waals surface area contributed by atoms with E-state index in [9.17, 15) is 0 Å². The highest BCUT2D eigenvalue weighted by Gasteiger charge is 2.01. The molecule has 21 heavy (non-hydrogen) atoms. The fourth-order valence-corrected chi connectivity index (χ4v) is 2.23. The van der Waals surface area contributed by atoms with E-state index < -0.39 is 0 Å². The van der Waals surface area contributed by atoms with Crippen LogP contribution in [-0.2, 0) is 6.42 Å². The number of aryl methyl sites for hydroxylation is 1. The first-order valence-electron chi connectivity index (χ1n) is 7.69. The fourth-order valence-electron chi connectivity index (χ4n) is 2.23. The normalized spacial score (nSPS) is 11.0. The van der Waals surface area contributed by atoms with Gasteiger partial charge in [0.15, 0.2) is 0 Å². The summed E-state index contributed by atoms with van der Waals surface area (Å²) in [6.45, 7) is 4.87. The largest absolute Gasteiger partial charge is 0.493 e. The topological polar surface area (TPSA) is 21.6 Å². The Morgan fingerprint density at radius 1 is 1.00 bits per heavy atom. The Hall–Kier alpha value is -2.09. The summed E-state index contributed by atoms with van der Waals surface area (Å²) >= 11 is 0. The average molecular weight is 281 g/mol. The quantitative estimate of drug-likeness (QED) is 0.641. The third-order valence-electron chi connectivity index (χ3n) is 3.35. The van der Waals surface area contributed by atoms with Crippen molar-refractivity contribution in [3.05, 3.63) is 59.7 Å². The van der Waals surface area contributed by atoms with Crippen LogP contribution in [-0.4, -0.2) is 12.8 Å². The predicted molar refractivity (Wildman–Crippen MR) is 89.9 cm³/mol. The molecule has 2 aromatic rings. The van der Waals surface area contributed by atoms with Gasteiger partial charge < -0.3 is 4.74 Å². The maximum atomic E-state index is 5.63. The number of para-hydroxylation sites is 2. The molecule has 0 amide bonds. The van der Waals surface area contributed by atoms with E-state index in [0.717, 1.165) is 23.4 Å². The molecule has 2 heteroatoms. The number of hydrogen-bond acceptors (Lipinski definition) is 2. The summed E-state index contributed by atoms with van der Waals surface area (Å²) < 4.78 is 5.63. The monoisotopic (exact) mass is 281 g/mol. The van der Waals surface area contributed by atoms with Gasteiger partial charge in [-0.2, -0.15) is 0 Å². The number of aliphatic imine (C=N–C) groups is 1. The van der Waals surface area contributed by atoms with E-state index >= 15 is 0 Å². The van der Waals surface area contributed by atoms with E-state index in [0.29, 0.717) is 6.61 Å². The second kappa shape index (κ2) is 8.25. The summed E-state index contributed by atoms with van der Waals surface area (Å²) in [6.07, 6.45) is 5.38. The predicted octanol–water partition coefficient (Wildman–Crippen LogP) is 5.18. The molecule has 0 aliphatic rings. The standard InChI is InChI=1S/C19H23NO/c1-3-5-10-16-11-6-8-13-18(16)20-15-17-12-7-9-14-19(17)21-4-2/h6-9,11-15H,3-5,10H2,1-2H3. The van der Waals surface area contributed by atoms with Crippen molar-refractivity contribution in [2.24, 2.45) is 4.99 Å². The minimum absolute atomic E-state index is 0.665. The number of rotatable bonds is 7. The molecule has 0 bridgehead atoms. The molecule has 0 aromatic heterocycles. The molecule has 2 aromatic carbocycles. The molecule has 0 aliphatic heterocycles. The summed E-state index contributed by atoms with van der Waals surface area (Å²) in [6, 6.07) is 16.4. The molecular weight excluding hydrogens is 258 g/mol. The van der Waals surface area contributed by atoms with Crippen molar-refractivity contribution in [3.63, 3.8) is 0 Å². The molecule has 0 N–H and O–H groups in total. The highest BCUT2D eigenvalue weighted by Crippen LogP contribution is 2.22. The molecule has 2 rings (SSSR count). The van der Waals surface area contributed by atoms with Crippen molar-refractivity contribution >= 4 is 11.9 Å². The lowest BCUT2D eigenvalue weighted by Crippen LogP contribution is -1.95. The minimum Gasteiger partial charge on any atom is -0.493 e. The van der Waals surface area contributed by atoms with Crippen molar-refractivity contribution in [1.82, 2.24) is 0 Å². The summed E-state index contributed by atoms with van der Waals surface area (Å²) in [5, 5.41) is 0. The van der Waals surface area contributed by atoms with Crippen LogP contribution in [0, 0.1) is 0 Å². The van der Waals surface area contributed by atoms with Gasteiger partial charge in [-0.25, -0.2) is 0 Å². The molecule has 110 valence electrons. The van der Waals surface area contributed by atoms with Gasteiger partial charge in [0, 0.05) is 11.8 Å². The zero-order valence-electron chi connectivity index (χ0n) is 12.9. The maximum absolute atomic E-state index is 5.63. The number of unbranched alkanes of at least 4 members (excludes halogenated alkanes) is 1. The Balaban J connectivity index is 2.21. The molecule has 0 spiro atoms. The van der Waals surface area contributed by atoms with Crippen molar-refractivity contribution in [3.8, 4) is 5.75 Å². The average Bonchev–Trinajstić information content (AvgIpc) is 2.53. The number of hydrogen-bond donors (Lipinski definition) is 0. The lowest BCUT2D eigenvalue weighted by atomic mass is 10.1. The van der Waals surface area contributed by atoms with Crippen LogP contribution in [0.25, 0.3) is 0 Å². The van der Waals surface area contributed by atoms with Crippen molar-refractivity contribution in [2.45, 2.75) is 33.1 Å². The molecule has 0 saturated carbocycles. The van der Waals surface area contributed by atoms with Crippen molar-refractivity contribution in [2.75, 3.05) is 6.61 Å². The van der Waals surface area contributed by atoms with E-state index in [2.05, 4.69) is 30.1 Å². The molecule has 0 unspecified atom stereocenters. The van der Waals surface area contributed by atoms with Crippen LogP contribution in [0.4, 0.5) is 5.69 Å². The molecular formula is C19H23NO. The van der Waals surface area contributed by atoms with Crippen LogP contribution in [0.3, 0.4) is 0 Å². The van der Waals surface area contributed by atoms with Gasteiger partial charge in [0.25, 0.3) is 0 Å². The number of nitrogens with zero attached hydrogens (tertiary/aromatic N) is 1. The second-order valence-electron chi connectivity index (χ2n) is 4.96. The van der Waals surface area contributed by atoms with Crippen molar-refractivity contribution < 1.29 is 4.74 Å². The Kier molecular flexibility index (Phi) is 6.01. The third-order valence-corrected chi connectivity index (χ3v) is 3.35. The van der Waals surface area contributed by atoms with E-state index in [-0.39, 0.29) is 0 Å². The van der Waals surface area contributed by atoms with Gasteiger partial charge in [0.2, 0.25) is 0 Å². The number of ether oxygens (including phenoxy) is 1. The van der Waals surface area contributed by atoms with Gasteiger partial charge in [-0.1, -0.05) is 43.7 Å². The Labute approximate surface area is 127 Å². The fraction of sp³-hybridized carbons (Fsp3) is 0.316.